The number of rotatable bonds is 1. The molecule has 3 heterocycles. The van der Waals surface area contributed by atoms with Crippen molar-refractivity contribution in [1.29, 1.82) is 0 Å². The van der Waals surface area contributed by atoms with Crippen molar-refractivity contribution in [3.05, 3.63) is 0 Å². The zero-order valence-electron chi connectivity index (χ0n) is 12.5. The first-order chi connectivity index (χ1) is 9.18. The van der Waals surface area contributed by atoms with E-state index >= 15 is 0 Å². The van der Waals surface area contributed by atoms with Crippen molar-refractivity contribution < 1.29 is 4.74 Å². The Morgan fingerprint density at radius 2 is 1.84 bits per heavy atom. The van der Waals surface area contributed by atoms with Crippen LogP contribution in [-0.2, 0) is 4.74 Å². The lowest BCUT2D eigenvalue weighted by Gasteiger charge is -2.56. The molecule has 0 aromatic heterocycles. The summed E-state index contributed by atoms with van der Waals surface area (Å²) in [5.41, 5.74) is 0. The van der Waals surface area contributed by atoms with E-state index < -0.39 is 0 Å². The third-order valence-electron chi connectivity index (χ3n) is 5.11. The first-order valence-corrected chi connectivity index (χ1v) is 7.64. The summed E-state index contributed by atoms with van der Waals surface area (Å²) in [6.07, 6.45) is 2.39. The Labute approximate surface area is 116 Å². The lowest BCUT2D eigenvalue weighted by molar-refractivity contribution is -0.141. The molecule has 0 radical (unpaired) electrons. The fourth-order valence-corrected chi connectivity index (χ4v) is 4.19. The molecule has 0 bridgehead atoms. The van der Waals surface area contributed by atoms with Crippen molar-refractivity contribution in [1.82, 2.24) is 20.0 Å². The molecule has 19 heavy (non-hydrogen) atoms. The lowest BCUT2D eigenvalue weighted by Crippen LogP contribution is -2.71. The lowest BCUT2D eigenvalue weighted by atomic mass is 9.80. The normalized spacial score (nSPS) is 43.1. The highest BCUT2D eigenvalue weighted by Gasteiger charge is 2.46. The smallest absolute Gasteiger partial charge is 0.0691 e. The Kier molecular flexibility index (Phi) is 4.10. The van der Waals surface area contributed by atoms with E-state index in [1.54, 1.807) is 0 Å². The summed E-state index contributed by atoms with van der Waals surface area (Å²) >= 11 is 0. The maximum absolute atomic E-state index is 5.52. The number of piperidine rings is 1. The van der Waals surface area contributed by atoms with Gasteiger partial charge in [-0.15, -0.1) is 0 Å². The maximum atomic E-state index is 5.52. The number of nitrogens with zero attached hydrogens (tertiary/aromatic N) is 3. The molecular weight excluding hydrogens is 240 g/mol. The first-order valence-electron chi connectivity index (χ1n) is 7.64. The molecule has 3 aliphatic rings. The van der Waals surface area contributed by atoms with Crippen LogP contribution >= 0.6 is 0 Å². The number of fused-ring (bicyclic) bond motifs is 1. The van der Waals surface area contributed by atoms with E-state index in [2.05, 4.69) is 41.0 Å². The molecule has 0 amide bonds. The second-order valence-electron chi connectivity index (χ2n) is 6.46. The third-order valence-corrected chi connectivity index (χ3v) is 5.11. The van der Waals surface area contributed by atoms with Gasteiger partial charge >= 0.3 is 0 Å². The van der Waals surface area contributed by atoms with Crippen LogP contribution in [0.5, 0.6) is 0 Å². The summed E-state index contributed by atoms with van der Waals surface area (Å²) < 4.78 is 5.52. The van der Waals surface area contributed by atoms with Gasteiger partial charge in [-0.25, -0.2) is 0 Å². The molecule has 1 N–H and O–H groups in total. The van der Waals surface area contributed by atoms with Crippen LogP contribution in [0, 0.1) is 11.8 Å². The van der Waals surface area contributed by atoms with Crippen molar-refractivity contribution in [2.45, 2.75) is 25.7 Å². The highest BCUT2D eigenvalue weighted by Crippen LogP contribution is 2.35. The number of morpholine rings is 1. The van der Waals surface area contributed by atoms with E-state index in [0.29, 0.717) is 18.2 Å². The van der Waals surface area contributed by atoms with Crippen LogP contribution in [0.1, 0.15) is 13.3 Å². The van der Waals surface area contributed by atoms with E-state index in [1.807, 2.05) is 0 Å². The Morgan fingerprint density at radius 3 is 2.58 bits per heavy atom. The Bertz CT molecular complexity index is 308. The molecule has 0 aliphatic carbocycles. The molecule has 4 atom stereocenters. The number of nitrogens with one attached hydrogen (secondary N) is 1. The summed E-state index contributed by atoms with van der Waals surface area (Å²) in [7, 11) is 4.52. The fraction of sp³-hybridized carbons (Fsp3) is 1.00. The molecular formula is C14H28N4O. The summed E-state index contributed by atoms with van der Waals surface area (Å²) in [6, 6.07) is 0. The van der Waals surface area contributed by atoms with E-state index in [-0.39, 0.29) is 0 Å². The van der Waals surface area contributed by atoms with Crippen molar-refractivity contribution in [2.75, 3.05) is 53.6 Å². The number of ether oxygens (including phenoxy) is 1. The van der Waals surface area contributed by atoms with Gasteiger partial charge in [0, 0.05) is 19.0 Å². The SMILES string of the molecule is CC1CCNC2C1C(N1CCOCC1)N(C)CN2C. The van der Waals surface area contributed by atoms with Crippen LogP contribution in [0.25, 0.3) is 0 Å². The largest absolute Gasteiger partial charge is 0.379 e. The molecule has 0 aromatic carbocycles. The van der Waals surface area contributed by atoms with Crippen LogP contribution in [0.15, 0.2) is 0 Å². The van der Waals surface area contributed by atoms with Crippen LogP contribution < -0.4 is 5.32 Å². The minimum Gasteiger partial charge on any atom is -0.379 e. The highest BCUT2D eigenvalue weighted by atomic mass is 16.5. The van der Waals surface area contributed by atoms with Gasteiger partial charge in [-0.2, -0.15) is 0 Å². The van der Waals surface area contributed by atoms with Crippen LogP contribution in [0.3, 0.4) is 0 Å². The van der Waals surface area contributed by atoms with Crippen LogP contribution in [-0.4, -0.2) is 80.6 Å². The number of hydrogen-bond donors (Lipinski definition) is 1. The van der Waals surface area contributed by atoms with Crippen LogP contribution in [0.4, 0.5) is 0 Å². The van der Waals surface area contributed by atoms with Crippen molar-refractivity contribution in [3.8, 4) is 0 Å². The van der Waals surface area contributed by atoms with Gasteiger partial charge < -0.3 is 10.1 Å². The minimum absolute atomic E-state index is 0.535. The van der Waals surface area contributed by atoms with Crippen LogP contribution in [0.2, 0.25) is 0 Å². The molecule has 3 rings (SSSR count). The van der Waals surface area contributed by atoms with E-state index in [0.717, 1.165) is 45.4 Å². The summed E-state index contributed by atoms with van der Waals surface area (Å²) in [6.45, 7) is 8.57. The molecule has 4 unspecified atom stereocenters. The van der Waals surface area contributed by atoms with E-state index in [9.17, 15) is 0 Å². The average Bonchev–Trinajstić information content (AvgIpc) is 2.41. The molecule has 3 saturated heterocycles. The highest BCUT2D eigenvalue weighted by molar-refractivity contribution is 4.96. The zero-order chi connectivity index (χ0) is 13.4. The quantitative estimate of drug-likeness (QED) is 0.726. The van der Waals surface area contributed by atoms with E-state index in [1.165, 1.54) is 6.42 Å². The molecule has 5 nitrogen and oxygen atoms in total. The Hall–Kier alpha value is -0.200. The van der Waals surface area contributed by atoms with Gasteiger partial charge in [0.1, 0.15) is 0 Å². The van der Waals surface area contributed by atoms with Gasteiger partial charge in [-0.3, -0.25) is 14.7 Å². The predicted octanol–water partition coefficient (Wildman–Crippen LogP) is 0.0511. The monoisotopic (exact) mass is 268 g/mol. The van der Waals surface area contributed by atoms with Gasteiger partial charge in [0.2, 0.25) is 0 Å². The molecule has 0 aromatic rings. The zero-order valence-corrected chi connectivity index (χ0v) is 12.5. The fourth-order valence-electron chi connectivity index (χ4n) is 4.19. The number of hydrogen-bond acceptors (Lipinski definition) is 5. The van der Waals surface area contributed by atoms with Gasteiger partial charge in [-0.05, 0) is 33.0 Å². The van der Waals surface area contributed by atoms with Crippen molar-refractivity contribution in [2.24, 2.45) is 11.8 Å². The van der Waals surface area contributed by atoms with Gasteiger partial charge in [0.25, 0.3) is 0 Å². The van der Waals surface area contributed by atoms with Gasteiger partial charge in [0.15, 0.2) is 0 Å². The second kappa shape index (κ2) is 5.66. The summed E-state index contributed by atoms with van der Waals surface area (Å²) in [5, 5.41) is 3.73. The van der Waals surface area contributed by atoms with Gasteiger partial charge in [0.05, 0.1) is 32.2 Å². The first kappa shape index (κ1) is 13.8. The molecule has 3 fully saturated rings. The van der Waals surface area contributed by atoms with E-state index in [4.69, 9.17) is 4.74 Å². The second-order valence-corrected chi connectivity index (χ2v) is 6.46. The van der Waals surface area contributed by atoms with Gasteiger partial charge in [-0.1, -0.05) is 6.92 Å². The standard InChI is InChI=1S/C14H28N4O/c1-11-4-5-15-13-12(11)14(17(3)10-16(13)2)18-6-8-19-9-7-18/h11-15H,4-10H2,1-3H3. The molecule has 3 aliphatic heterocycles. The van der Waals surface area contributed by atoms with Crippen molar-refractivity contribution >= 4 is 0 Å². The minimum atomic E-state index is 0.535. The molecule has 110 valence electrons. The Balaban J connectivity index is 1.82. The topological polar surface area (TPSA) is 31.0 Å². The predicted molar refractivity (Wildman–Crippen MR) is 75.6 cm³/mol. The van der Waals surface area contributed by atoms with Crippen molar-refractivity contribution in [3.63, 3.8) is 0 Å². The molecule has 0 saturated carbocycles. The maximum Gasteiger partial charge on any atom is 0.0691 e. The summed E-state index contributed by atoms with van der Waals surface area (Å²) in [4.78, 5) is 7.63. The Morgan fingerprint density at radius 1 is 1.11 bits per heavy atom. The third kappa shape index (κ3) is 2.54. The molecule has 5 heteroatoms. The summed E-state index contributed by atoms with van der Waals surface area (Å²) in [5.74, 6) is 1.47. The average molecular weight is 268 g/mol. The molecule has 0 spiro atoms.